The Hall–Kier alpha value is -2.71. The van der Waals surface area contributed by atoms with Gasteiger partial charge in [0.05, 0.1) is 12.2 Å². The molecule has 1 aliphatic rings. The predicted octanol–water partition coefficient (Wildman–Crippen LogP) is 4.26. The van der Waals surface area contributed by atoms with Crippen LogP contribution in [0.5, 0.6) is 0 Å². The molecule has 0 aliphatic carbocycles. The van der Waals surface area contributed by atoms with Crippen LogP contribution in [0.25, 0.3) is 27.1 Å². The van der Waals surface area contributed by atoms with E-state index in [9.17, 15) is 4.79 Å². The van der Waals surface area contributed by atoms with Gasteiger partial charge < -0.3 is 10.7 Å². The van der Waals surface area contributed by atoms with E-state index in [-0.39, 0.29) is 5.91 Å². The van der Waals surface area contributed by atoms with Crippen LogP contribution in [0, 0.1) is 20.8 Å². The van der Waals surface area contributed by atoms with Crippen molar-refractivity contribution in [2.24, 2.45) is 5.73 Å². The van der Waals surface area contributed by atoms with Gasteiger partial charge in [-0.25, -0.2) is 9.50 Å². The maximum Gasteiger partial charge on any atom is 0.231 e. The Labute approximate surface area is 191 Å². The van der Waals surface area contributed by atoms with Crippen molar-refractivity contribution in [3.63, 3.8) is 0 Å². The van der Waals surface area contributed by atoms with Crippen LogP contribution in [0.15, 0.2) is 12.5 Å². The smallest absolute Gasteiger partial charge is 0.231 e. The molecule has 1 aliphatic heterocycles. The van der Waals surface area contributed by atoms with Crippen LogP contribution in [-0.2, 0) is 4.79 Å². The number of amides is 1. The standard InChI is InChI=1S/C24H30N6OS/c1-12(2)19-20-15(5)22(16-6-7-29(8-16)10-18(25)31)32-24(20)28-21(19)17-9-30-23(26-11-27-30)14(4)13(17)3/h9,11-12,16,28H,6-8,10H2,1-5H3,(H2,25,31). The number of H-pyrrole nitrogens is 1. The summed E-state index contributed by atoms with van der Waals surface area (Å²) in [5.74, 6) is 0.586. The number of hydrogen-bond acceptors (Lipinski definition) is 5. The van der Waals surface area contributed by atoms with E-state index in [1.807, 2.05) is 15.9 Å². The van der Waals surface area contributed by atoms with Crippen molar-refractivity contribution in [1.29, 1.82) is 0 Å². The fourth-order valence-electron chi connectivity index (χ4n) is 5.29. The zero-order chi connectivity index (χ0) is 22.7. The van der Waals surface area contributed by atoms with E-state index in [1.165, 1.54) is 43.0 Å². The van der Waals surface area contributed by atoms with Crippen LogP contribution in [0.1, 0.15) is 59.2 Å². The van der Waals surface area contributed by atoms with Crippen molar-refractivity contribution >= 4 is 33.1 Å². The van der Waals surface area contributed by atoms with Crippen LogP contribution >= 0.6 is 11.3 Å². The number of rotatable bonds is 5. The van der Waals surface area contributed by atoms with Gasteiger partial charge in [-0.1, -0.05) is 13.8 Å². The van der Waals surface area contributed by atoms with Crippen molar-refractivity contribution in [3.8, 4) is 11.3 Å². The monoisotopic (exact) mass is 450 g/mol. The zero-order valence-corrected chi connectivity index (χ0v) is 20.1. The Morgan fingerprint density at radius 3 is 2.78 bits per heavy atom. The molecule has 1 amide bonds. The summed E-state index contributed by atoms with van der Waals surface area (Å²) < 4.78 is 1.88. The SMILES string of the molecule is Cc1c(-c2[nH]c3sc(C4CCN(CC(N)=O)C4)c(C)c3c2C(C)C)cn2ncnc2c1C. The fourth-order valence-corrected chi connectivity index (χ4v) is 6.65. The van der Waals surface area contributed by atoms with Gasteiger partial charge in [0.25, 0.3) is 0 Å². The van der Waals surface area contributed by atoms with Gasteiger partial charge in [-0.2, -0.15) is 5.10 Å². The molecular formula is C24H30N6OS. The summed E-state index contributed by atoms with van der Waals surface area (Å²) in [5.41, 5.74) is 13.8. The number of aromatic nitrogens is 4. The molecule has 1 atom stereocenters. The molecule has 0 bridgehead atoms. The summed E-state index contributed by atoms with van der Waals surface area (Å²) >= 11 is 1.87. The third-order valence-electron chi connectivity index (χ3n) is 6.96. The lowest BCUT2D eigenvalue weighted by molar-refractivity contribution is -0.118. The Kier molecular flexibility index (Phi) is 5.09. The largest absolute Gasteiger partial charge is 0.369 e. The lowest BCUT2D eigenvalue weighted by Gasteiger charge is -2.15. The first kappa shape index (κ1) is 21.2. The normalized spacial score (nSPS) is 17.4. The highest BCUT2D eigenvalue weighted by Gasteiger charge is 2.30. The number of carbonyl (C=O) groups is 1. The Morgan fingerprint density at radius 2 is 2.06 bits per heavy atom. The van der Waals surface area contributed by atoms with E-state index in [2.05, 4.69) is 60.8 Å². The minimum atomic E-state index is -0.248. The average molecular weight is 451 g/mol. The summed E-state index contributed by atoms with van der Waals surface area (Å²) in [6.45, 7) is 13.3. The van der Waals surface area contributed by atoms with Crippen LogP contribution in [0.4, 0.5) is 0 Å². The molecule has 3 N–H and O–H groups in total. The molecule has 5 heterocycles. The zero-order valence-electron chi connectivity index (χ0n) is 19.3. The molecule has 0 saturated carbocycles. The number of pyridine rings is 1. The number of fused-ring (bicyclic) bond motifs is 2. The van der Waals surface area contributed by atoms with E-state index in [1.54, 1.807) is 6.33 Å². The second kappa shape index (κ2) is 7.71. The topological polar surface area (TPSA) is 92.3 Å². The van der Waals surface area contributed by atoms with Gasteiger partial charge in [0, 0.05) is 34.5 Å². The molecule has 1 unspecified atom stereocenters. The molecule has 8 heteroatoms. The molecule has 0 radical (unpaired) electrons. The van der Waals surface area contributed by atoms with E-state index >= 15 is 0 Å². The van der Waals surface area contributed by atoms with Crippen molar-refractivity contribution in [2.75, 3.05) is 19.6 Å². The van der Waals surface area contributed by atoms with Crippen LogP contribution in [-0.4, -0.2) is 50.0 Å². The molecular weight excluding hydrogens is 420 g/mol. The molecule has 168 valence electrons. The first-order valence-electron chi connectivity index (χ1n) is 11.2. The van der Waals surface area contributed by atoms with Gasteiger partial charge in [-0.05, 0) is 61.9 Å². The van der Waals surface area contributed by atoms with Crippen LogP contribution < -0.4 is 5.73 Å². The van der Waals surface area contributed by atoms with E-state index in [0.717, 1.165) is 30.7 Å². The van der Waals surface area contributed by atoms with Gasteiger partial charge in [0.2, 0.25) is 5.91 Å². The molecule has 4 aromatic heterocycles. The van der Waals surface area contributed by atoms with Crippen LogP contribution in [0.2, 0.25) is 0 Å². The van der Waals surface area contributed by atoms with Gasteiger partial charge >= 0.3 is 0 Å². The third kappa shape index (κ3) is 3.24. The summed E-state index contributed by atoms with van der Waals surface area (Å²) in [5, 5.41) is 5.75. The molecule has 7 nitrogen and oxygen atoms in total. The lowest BCUT2D eigenvalue weighted by atomic mass is 9.92. The number of primary amides is 1. The summed E-state index contributed by atoms with van der Waals surface area (Å²) in [6, 6.07) is 0. The minimum absolute atomic E-state index is 0.248. The Balaban J connectivity index is 1.62. The molecule has 1 saturated heterocycles. The first-order valence-corrected chi connectivity index (χ1v) is 12.0. The van der Waals surface area contributed by atoms with Gasteiger partial charge in [0.1, 0.15) is 11.2 Å². The lowest BCUT2D eigenvalue weighted by Crippen LogP contribution is -2.31. The summed E-state index contributed by atoms with van der Waals surface area (Å²) in [4.78, 5) is 24.4. The second-order valence-corrected chi connectivity index (χ2v) is 10.4. The quantitative estimate of drug-likeness (QED) is 0.475. The molecule has 0 spiro atoms. The second-order valence-electron chi connectivity index (χ2n) is 9.37. The summed E-state index contributed by atoms with van der Waals surface area (Å²) in [6.07, 6.45) is 4.78. The number of nitrogens with one attached hydrogen (secondary N) is 1. The number of likely N-dealkylation sites (tertiary alicyclic amines) is 1. The molecule has 1 fully saturated rings. The number of nitrogens with zero attached hydrogens (tertiary/aromatic N) is 4. The van der Waals surface area contributed by atoms with Gasteiger partial charge in [-0.15, -0.1) is 11.3 Å². The van der Waals surface area contributed by atoms with Gasteiger partial charge in [0.15, 0.2) is 5.65 Å². The Bertz CT molecular complexity index is 1340. The average Bonchev–Trinajstić information content (AvgIpc) is 3.48. The van der Waals surface area contributed by atoms with E-state index in [4.69, 9.17) is 5.73 Å². The molecule has 5 rings (SSSR count). The number of nitrogens with two attached hydrogens (primary N) is 1. The first-order chi connectivity index (χ1) is 15.3. The number of aryl methyl sites for hydroxylation is 2. The number of hydrogen-bond donors (Lipinski definition) is 2. The minimum Gasteiger partial charge on any atom is -0.369 e. The molecule has 4 aromatic rings. The van der Waals surface area contributed by atoms with E-state index < -0.39 is 0 Å². The highest BCUT2D eigenvalue weighted by atomic mass is 32.1. The maximum absolute atomic E-state index is 11.3. The van der Waals surface area contributed by atoms with Crippen molar-refractivity contribution < 1.29 is 4.79 Å². The number of thiophene rings is 1. The van der Waals surface area contributed by atoms with Crippen molar-refractivity contribution in [2.45, 2.75) is 52.9 Å². The predicted molar refractivity (Wildman–Crippen MR) is 129 cm³/mol. The fraction of sp³-hybridized carbons (Fsp3) is 0.458. The number of carbonyl (C=O) groups excluding carboxylic acids is 1. The number of aromatic amines is 1. The molecule has 32 heavy (non-hydrogen) atoms. The Morgan fingerprint density at radius 1 is 1.28 bits per heavy atom. The highest BCUT2D eigenvalue weighted by molar-refractivity contribution is 7.19. The van der Waals surface area contributed by atoms with Gasteiger partial charge in [-0.3, -0.25) is 9.69 Å². The van der Waals surface area contributed by atoms with Crippen LogP contribution in [0.3, 0.4) is 0 Å². The van der Waals surface area contributed by atoms with Crippen molar-refractivity contribution in [3.05, 3.63) is 39.7 Å². The van der Waals surface area contributed by atoms with E-state index in [0.29, 0.717) is 18.4 Å². The third-order valence-corrected chi connectivity index (χ3v) is 8.33. The van der Waals surface area contributed by atoms with Crippen molar-refractivity contribution in [1.82, 2.24) is 24.5 Å². The maximum atomic E-state index is 11.3. The highest BCUT2D eigenvalue weighted by Crippen LogP contribution is 2.46. The summed E-state index contributed by atoms with van der Waals surface area (Å²) in [7, 11) is 0. The molecule has 0 aromatic carbocycles.